The van der Waals surface area contributed by atoms with Gasteiger partial charge >= 0.3 is 5.97 Å². The SMILES string of the molecule is CC(=O)Nc1ccc(C(=O)COC(=O)COc2c(C)cc(Cl)cc2C)c(F)c1. The molecular formula is C20H19ClFNO5. The zero-order valence-corrected chi connectivity index (χ0v) is 16.4. The molecule has 2 aromatic rings. The Morgan fingerprint density at radius 3 is 2.29 bits per heavy atom. The second-order valence-corrected chi connectivity index (χ2v) is 6.55. The zero-order valence-electron chi connectivity index (χ0n) is 15.6. The number of anilines is 1. The van der Waals surface area contributed by atoms with Crippen LogP contribution in [0.25, 0.3) is 0 Å². The Labute approximate surface area is 166 Å². The summed E-state index contributed by atoms with van der Waals surface area (Å²) in [6.07, 6.45) is 0. The number of esters is 1. The van der Waals surface area contributed by atoms with Crippen LogP contribution in [0, 0.1) is 19.7 Å². The Kier molecular flexibility index (Phi) is 7.12. The van der Waals surface area contributed by atoms with Crippen molar-refractivity contribution in [1.82, 2.24) is 0 Å². The highest BCUT2D eigenvalue weighted by atomic mass is 35.5. The van der Waals surface area contributed by atoms with Crippen molar-refractivity contribution in [3.63, 3.8) is 0 Å². The molecule has 0 aliphatic heterocycles. The lowest BCUT2D eigenvalue weighted by molar-refractivity contribution is -0.144. The molecule has 0 atom stereocenters. The molecule has 6 nitrogen and oxygen atoms in total. The number of aryl methyl sites for hydroxylation is 2. The van der Waals surface area contributed by atoms with Gasteiger partial charge in [-0.3, -0.25) is 9.59 Å². The maximum absolute atomic E-state index is 14.0. The number of rotatable bonds is 7. The summed E-state index contributed by atoms with van der Waals surface area (Å²) < 4.78 is 24.3. The highest BCUT2D eigenvalue weighted by Gasteiger charge is 2.16. The molecule has 0 unspecified atom stereocenters. The zero-order chi connectivity index (χ0) is 20.8. The molecule has 148 valence electrons. The van der Waals surface area contributed by atoms with Gasteiger partial charge in [-0.25, -0.2) is 9.18 Å². The van der Waals surface area contributed by atoms with E-state index < -0.39 is 30.8 Å². The maximum Gasteiger partial charge on any atom is 0.344 e. The number of ether oxygens (including phenoxy) is 2. The summed E-state index contributed by atoms with van der Waals surface area (Å²) in [6.45, 7) is 3.83. The van der Waals surface area contributed by atoms with Crippen molar-refractivity contribution >= 4 is 34.9 Å². The number of hydrogen-bond acceptors (Lipinski definition) is 5. The molecular weight excluding hydrogens is 389 g/mol. The summed E-state index contributed by atoms with van der Waals surface area (Å²) in [7, 11) is 0. The first-order chi connectivity index (χ1) is 13.2. The van der Waals surface area contributed by atoms with Crippen LogP contribution in [0.2, 0.25) is 5.02 Å². The van der Waals surface area contributed by atoms with E-state index in [1.165, 1.54) is 19.1 Å². The maximum atomic E-state index is 14.0. The van der Waals surface area contributed by atoms with Crippen LogP contribution in [0.15, 0.2) is 30.3 Å². The van der Waals surface area contributed by atoms with Crippen molar-refractivity contribution in [2.75, 3.05) is 18.5 Å². The van der Waals surface area contributed by atoms with E-state index in [0.29, 0.717) is 10.8 Å². The summed E-state index contributed by atoms with van der Waals surface area (Å²) in [4.78, 5) is 34.9. The number of nitrogens with one attached hydrogen (secondary N) is 1. The molecule has 0 saturated carbocycles. The van der Waals surface area contributed by atoms with Gasteiger partial charge in [0.05, 0.1) is 5.56 Å². The van der Waals surface area contributed by atoms with Crippen LogP contribution >= 0.6 is 11.6 Å². The van der Waals surface area contributed by atoms with Gasteiger partial charge in [-0.2, -0.15) is 0 Å². The predicted octanol–water partition coefficient (Wildman–Crippen LogP) is 3.86. The number of amides is 1. The Balaban J connectivity index is 1.91. The van der Waals surface area contributed by atoms with Crippen molar-refractivity contribution in [3.05, 3.63) is 57.9 Å². The average molecular weight is 408 g/mol. The minimum absolute atomic E-state index is 0.223. The van der Waals surface area contributed by atoms with Crippen LogP contribution < -0.4 is 10.1 Å². The first kappa shape index (κ1) is 21.4. The molecule has 2 rings (SSSR count). The first-order valence-electron chi connectivity index (χ1n) is 8.33. The number of halogens is 2. The van der Waals surface area contributed by atoms with E-state index in [4.69, 9.17) is 21.1 Å². The molecule has 0 fully saturated rings. The molecule has 0 aliphatic carbocycles. The van der Waals surface area contributed by atoms with Crippen molar-refractivity contribution in [2.45, 2.75) is 20.8 Å². The molecule has 2 aromatic carbocycles. The smallest absolute Gasteiger partial charge is 0.344 e. The second kappa shape index (κ2) is 9.32. The van der Waals surface area contributed by atoms with E-state index in [9.17, 15) is 18.8 Å². The van der Waals surface area contributed by atoms with Crippen LogP contribution in [0.1, 0.15) is 28.4 Å². The molecule has 0 heterocycles. The van der Waals surface area contributed by atoms with Crippen LogP contribution in [-0.4, -0.2) is 30.9 Å². The van der Waals surface area contributed by atoms with Gasteiger partial charge in [-0.15, -0.1) is 0 Å². The monoisotopic (exact) mass is 407 g/mol. The van der Waals surface area contributed by atoms with Gasteiger partial charge < -0.3 is 14.8 Å². The minimum Gasteiger partial charge on any atom is -0.481 e. The fourth-order valence-corrected chi connectivity index (χ4v) is 2.87. The molecule has 0 aliphatic rings. The third-order valence-corrected chi connectivity index (χ3v) is 3.93. The Hall–Kier alpha value is -2.93. The highest BCUT2D eigenvalue weighted by molar-refractivity contribution is 6.30. The van der Waals surface area contributed by atoms with E-state index in [1.54, 1.807) is 26.0 Å². The topological polar surface area (TPSA) is 81.7 Å². The first-order valence-corrected chi connectivity index (χ1v) is 8.70. The predicted molar refractivity (Wildman–Crippen MR) is 102 cm³/mol. The van der Waals surface area contributed by atoms with Gasteiger partial charge in [0.1, 0.15) is 11.6 Å². The molecule has 0 bridgehead atoms. The standard InChI is InChI=1S/C20H19ClFNO5/c1-11-6-14(21)7-12(2)20(11)28-10-19(26)27-9-18(25)16-5-4-15(8-17(16)22)23-13(3)24/h4-8H,9-10H2,1-3H3,(H,23,24). The van der Waals surface area contributed by atoms with Crippen LogP contribution in [0.3, 0.4) is 0 Å². The number of carbonyl (C=O) groups excluding carboxylic acids is 3. The van der Waals surface area contributed by atoms with Gasteiger partial charge in [-0.1, -0.05) is 11.6 Å². The molecule has 8 heteroatoms. The second-order valence-electron chi connectivity index (χ2n) is 6.12. The molecule has 0 saturated heterocycles. The molecule has 1 amide bonds. The van der Waals surface area contributed by atoms with Crippen LogP contribution in [-0.2, 0) is 14.3 Å². The van der Waals surface area contributed by atoms with Gasteiger partial charge in [0.25, 0.3) is 0 Å². The van der Waals surface area contributed by atoms with E-state index >= 15 is 0 Å². The number of Topliss-reactive ketones (excluding diaryl/α,β-unsaturated/α-hetero) is 1. The van der Waals surface area contributed by atoms with Crippen molar-refractivity contribution in [2.24, 2.45) is 0 Å². The number of benzene rings is 2. The van der Waals surface area contributed by atoms with E-state index in [0.717, 1.165) is 17.2 Å². The lowest BCUT2D eigenvalue weighted by Gasteiger charge is -2.12. The van der Waals surface area contributed by atoms with Gasteiger partial charge in [-0.05, 0) is 55.3 Å². The number of ketones is 1. The van der Waals surface area contributed by atoms with Gasteiger partial charge in [0.2, 0.25) is 11.7 Å². The molecule has 28 heavy (non-hydrogen) atoms. The summed E-state index contributed by atoms with van der Waals surface area (Å²) in [5, 5.41) is 2.96. The largest absolute Gasteiger partial charge is 0.481 e. The fourth-order valence-electron chi connectivity index (χ4n) is 2.54. The third kappa shape index (κ3) is 5.79. The molecule has 1 N–H and O–H groups in total. The number of hydrogen-bond donors (Lipinski definition) is 1. The summed E-state index contributed by atoms with van der Waals surface area (Å²) in [5.41, 5.74) is 1.50. The molecule has 0 radical (unpaired) electrons. The Morgan fingerprint density at radius 1 is 1.07 bits per heavy atom. The van der Waals surface area contributed by atoms with Crippen LogP contribution in [0.4, 0.5) is 10.1 Å². The van der Waals surface area contributed by atoms with E-state index in [2.05, 4.69) is 5.32 Å². The van der Waals surface area contributed by atoms with E-state index in [-0.39, 0.29) is 17.2 Å². The third-order valence-electron chi connectivity index (χ3n) is 3.71. The fraction of sp³-hybridized carbons (Fsp3) is 0.250. The van der Waals surface area contributed by atoms with Crippen molar-refractivity contribution in [3.8, 4) is 5.75 Å². The summed E-state index contributed by atoms with van der Waals surface area (Å²) in [6, 6.07) is 7.02. The minimum atomic E-state index is -0.823. The van der Waals surface area contributed by atoms with Gasteiger partial charge in [0, 0.05) is 17.6 Å². The molecule has 0 aromatic heterocycles. The Morgan fingerprint density at radius 2 is 1.71 bits per heavy atom. The van der Waals surface area contributed by atoms with Gasteiger partial charge in [0.15, 0.2) is 13.2 Å². The summed E-state index contributed by atoms with van der Waals surface area (Å²) >= 11 is 5.94. The average Bonchev–Trinajstić information content (AvgIpc) is 2.58. The highest BCUT2D eigenvalue weighted by Crippen LogP contribution is 2.27. The quantitative estimate of drug-likeness (QED) is 0.556. The normalized spacial score (nSPS) is 10.3. The lowest BCUT2D eigenvalue weighted by atomic mass is 10.1. The van der Waals surface area contributed by atoms with Crippen molar-refractivity contribution < 1.29 is 28.2 Å². The Bertz CT molecular complexity index is 906. The van der Waals surface area contributed by atoms with E-state index in [1.807, 2.05) is 0 Å². The summed E-state index contributed by atoms with van der Waals surface area (Å²) in [5.74, 6) is -2.15. The van der Waals surface area contributed by atoms with Crippen molar-refractivity contribution in [1.29, 1.82) is 0 Å². The lowest BCUT2D eigenvalue weighted by Crippen LogP contribution is -2.20. The molecule has 0 spiro atoms. The van der Waals surface area contributed by atoms with Crippen LogP contribution in [0.5, 0.6) is 5.75 Å². The number of carbonyl (C=O) groups is 3.